The summed E-state index contributed by atoms with van der Waals surface area (Å²) in [6.45, 7) is 13.0. The van der Waals surface area contributed by atoms with Crippen molar-refractivity contribution in [2.75, 3.05) is 78.7 Å². The molecule has 2 N–H and O–H groups in total. The van der Waals surface area contributed by atoms with E-state index in [9.17, 15) is 0 Å². The van der Waals surface area contributed by atoms with Crippen LogP contribution >= 0.6 is 0 Å². The Morgan fingerprint density at radius 3 is 1.71 bits per heavy atom. The number of morpholine rings is 1. The highest BCUT2D eigenvalue weighted by Crippen LogP contribution is 2.02. The molecule has 0 amide bonds. The van der Waals surface area contributed by atoms with E-state index in [-0.39, 0.29) is 0 Å². The van der Waals surface area contributed by atoms with E-state index in [1.807, 2.05) is 0 Å². The molecule has 0 spiro atoms. The number of nitrogens with zero attached hydrogens (tertiary/aromatic N) is 3. The van der Waals surface area contributed by atoms with Crippen LogP contribution in [0.1, 0.15) is 0 Å². The first kappa shape index (κ1) is 13.2. The largest absolute Gasteiger partial charge is 0.379 e. The normalized spacial score (nSPS) is 25.2. The van der Waals surface area contributed by atoms with Gasteiger partial charge in [-0.15, -0.1) is 0 Å². The van der Waals surface area contributed by atoms with Gasteiger partial charge in [0.2, 0.25) is 0 Å². The maximum absolute atomic E-state index is 5.58. The van der Waals surface area contributed by atoms with E-state index in [4.69, 9.17) is 10.5 Å². The monoisotopic (exact) mass is 242 g/mol. The minimum atomic E-state index is 0.785. The van der Waals surface area contributed by atoms with Crippen molar-refractivity contribution in [2.45, 2.75) is 0 Å². The molecular weight excluding hydrogens is 216 g/mol. The predicted octanol–water partition coefficient (Wildman–Crippen LogP) is -1.11. The number of nitrogens with two attached hydrogens (primary N) is 1. The molecule has 2 aliphatic heterocycles. The molecule has 2 fully saturated rings. The van der Waals surface area contributed by atoms with Crippen LogP contribution in [-0.2, 0) is 4.74 Å². The van der Waals surface area contributed by atoms with Gasteiger partial charge < -0.3 is 10.5 Å². The van der Waals surface area contributed by atoms with Crippen molar-refractivity contribution in [1.29, 1.82) is 0 Å². The topological polar surface area (TPSA) is 45.0 Å². The molecule has 0 aromatic rings. The fourth-order valence-electron chi connectivity index (χ4n) is 2.53. The lowest BCUT2D eigenvalue weighted by Gasteiger charge is -2.36. The van der Waals surface area contributed by atoms with Crippen molar-refractivity contribution in [2.24, 2.45) is 5.73 Å². The van der Waals surface area contributed by atoms with Gasteiger partial charge in [-0.05, 0) is 0 Å². The van der Waals surface area contributed by atoms with Crippen LogP contribution in [0.3, 0.4) is 0 Å². The van der Waals surface area contributed by atoms with Gasteiger partial charge in [-0.2, -0.15) is 0 Å². The zero-order valence-corrected chi connectivity index (χ0v) is 10.8. The Bertz CT molecular complexity index is 201. The van der Waals surface area contributed by atoms with E-state index >= 15 is 0 Å². The van der Waals surface area contributed by atoms with E-state index < -0.39 is 0 Å². The van der Waals surface area contributed by atoms with Crippen LogP contribution in [0.15, 0.2) is 0 Å². The van der Waals surface area contributed by atoms with Crippen LogP contribution in [-0.4, -0.2) is 93.4 Å². The average molecular weight is 242 g/mol. The molecule has 2 heterocycles. The highest BCUT2D eigenvalue weighted by atomic mass is 16.5. The molecule has 0 atom stereocenters. The Hall–Kier alpha value is -0.200. The van der Waals surface area contributed by atoms with E-state index in [1.54, 1.807) is 0 Å². The van der Waals surface area contributed by atoms with Gasteiger partial charge in [0, 0.05) is 65.4 Å². The first-order chi connectivity index (χ1) is 8.38. The summed E-state index contributed by atoms with van der Waals surface area (Å²) in [4.78, 5) is 7.55. The Kier molecular flexibility index (Phi) is 5.67. The van der Waals surface area contributed by atoms with Crippen molar-refractivity contribution in [3.63, 3.8) is 0 Å². The zero-order valence-electron chi connectivity index (χ0n) is 10.8. The lowest BCUT2D eigenvalue weighted by Crippen LogP contribution is -2.50. The molecule has 2 rings (SSSR count). The lowest BCUT2D eigenvalue weighted by molar-refractivity contribution is 0.0300. The van der Waals surface area contributed by atoms with Crippen molar-refractivity contribution in [3.8, 4) is 0 Å². The smallest absolute Gasteiger partial charge is 0.0594 e. The highest BCUT2D eigenvalue weighted by Gasteiger charge is 2.17. The summed E-state index contributed by atoms with van der Waals surface area (Å²) in [5.74, 6) is 0. The summed E-state index contributed by atoms with van der Waals surface area (Å²) in [6.07, 6.45) is 0. The molecule has 0 unspecified atom stereocenters. The van der Waals surface area contributed by atoms with Gasteiger partial charge in [0.1, 0.15) is 0 Å². The summed E-state index contributed by atoms with van der Waals surface area (Å²) < 4.78 is 5.36. The molecule has 0 aromatic heterocycles. The Balaban J connectivity index is 1.57. The average Bonchev–Trinajstić information content (AvgIpc) is 2.40. The highest BCUT2D eigenvalue weighted by molar-refractivity contribution is 4.73. The molecule has 0 aromatic carbocycles. The Morgan fingerprint density at radius 1 is 0.706 bits per heavy atom. The van der Waals surface area contributed by atoms with Crippen LogP contribution in [0, 0.1) is 0 Å². The number of hydrogen-bond donors (Lipinski definition) is 1. The van der Waals surface area contributed by atoms with Crippen molar-refractivity contribution < 1.29 is 4.74 Å². The summed E-state index contributed by atoms with van der Waals surface area (Å²) in [6, 6.07) is 0. The fraction of sp³-hybridized carbons (Fsp3) is 1.00. The second-order valence-electron chi connectivity index (χ2n) is 4.93. The van der Waals surface area contributed by atoms with Gasteiger partial charge in [-0.3, -0.25) is 14.7 Å². The molecule has 0 bridgehead atoms. The molecule has 0 saturated carbocycles. The second kappa shape index (κ2) is 7.28. The summed E-state index contributed by atoms with van der Waals surface area (Å²) in [5.41, 5.74) is 5.58. The first-order valence-electron chi connectivity index (χ1n) is 6.83. The van der Waals surface area contributed by atoms with Crippen molar-refractivity contribution in [3.05, 3.63) is 0 Å². The maximum Gasteiger partial charge on any atom is 0.0594 e. The predicted molar refractivity (Wildman–Crippen MR) is 69.2 cm³/mol. The maximum atomic E-state index is 5.58. The SMILES string of the molecule is NCCN1CCN(CCN2CCOCC2)CC1. The molecule has 5 heteroatoms. The molecule has 2 aliphatic rings. The molecule has 0 radical (unpaired) electrons. The molecule has 100 valence electrons. The molecule has 0 aliphatic carbocycles. The number of ether oxygens (including phenoxy) is 1. The third kappa shape index (κ3) is 4.52. The van der Waals surface area contributed by atoms with Crippen LogP contribution in [0.25, 0.3) is 0 Å². The molecular formula is C12H26N4O. The zero-order chi connectivity index (χ0) is 11.9. The second-order valence-corrected chi connectivity index (χ2v) is 4.93. The van der Waals surface area contributed by atoms with Crippen LogP contribution in [0.4, 0.5) is 0 Å². The summed E-state index contributed by atoms with van der Waals surface area (Å²) in [7, 11) is 0. The number of rotatable bonds is 5. The lowest BCUT2D eigenvalue weighted by atomic mass is 10.3. The summed E-state index contributed by atoms with van der Waals surface area (Å²) in [5, 5.41) is 0. The third-order valence-corrected chi connectivity index (χ3v) is 3.75. The van der Waals surface area contributed by atoms with Crippen molar-refractivity contribution in [1.82, 2.24) is 14.7 Å². The minimum absolute atomic E-state index is 0.785. The van der Waals surface area contributed by atoms with Crippen LogP contribution in [0.5, 0.6) is 0 Å². The van der Waals surface area contributed by atoms with E-state index in [0.29, 0.717) is 0 Å². The minimum Gasteiger partial charge on any atom is -0.379 e. The number of hydrogen-bond acceptors (Lipinski definition) is 5. The Morgan fingerprint density at radius 2 is 1.18 bits per heavy atom. The van der Waals surface area contributed by atoms with Gasteiger partial charge >= 0.3 is 0 Å². The van der Waals surface area contributed by atoms with Crippen LogP contribution in [0.2, 0.25) is 0 Å². The third-order valence-electron chi connectivity index (χ3n) is 3.75. The number of piperazine rings is 1. The summed E-state index contributed by atoms with van der Waals surface area (Å²) >= 11 is 0. The van der Waals surface area contributed by atoms with Gasteiger partial charge in [-0.25, -0.2) is 0 Å². The van der Waals surface area contributed by atoms with E-state index in [1.165, 1.54) is 39.3 Å². The Labute approximate surface area is 104 Å². The van der Waals surface area contributed by atoms with E-state index in [2.05, 4.69) is 14.7 Å². The fourth-order valence-corrected chi connectivity index (χ4v) is 2.53. The molecule has 5 nitrogen and oxygen atoms in total. The molecule has 2 saturated heterocycles. The standard InChI is InChI=1S/C12H26N4O/c13-1-2-14-3-5-15(6-4-14)7-8-16-9-11-17-12-10-16/h1-13H2. The quantitative estimate of drug-likeness (QED) is 0.663. The van der Waals surface area contributed by atoms with Gasteiger partial charge in [0.05, 0.1) is 13.2 Å². The van der Waals surface area contributed by atoms with E-state index in [0.717, 1.165) is 39.4 Å². The van der Waals surface area contributed by atoms with Gasteiger partial charge in [-0.1, -0.05) is 0 Å². The first-order valence-corrected chi connectivity index (χ1v) is 6.83. The van der Waals surface area contributed by atoms with Crippen molar-refractivity contribution >= 4 is 0 Å². The molecule has 17 heavy (non-hydrogen) atoms. The van der Waals surface area contributed by atoms with Gasteiger partial charge in [0.15, 0.2) is 0 Å². The van der Waals surface area contributed by atoms with Gasteiger partial charge in [0.25, 0.3) is 0 Å². The van der Waals surface area contributed by atoms with Crippen LogP contribution < -0.4 is 5.73 Å².